The van der Waals surface area contributed by atoms with E-state index in [1.807, 2.05) is 41.7 Å². The van der Waals surface area contributed by atoms with Crippen molar-refractivity contribution >= 4 is 22.7 Å². The lowest BCUT2D eigenvalue weighted by molar-refractivity contribution is 0.631. The molecule has 200 valence electrons. The Morgan fingerprint density at radius 1 is 0.590 bits per heavy atom. The summed E-state index contributed by atoms with van der Waals surface area (Å²) in [4.78, 5) is 5.07. The number of rotatable bonds is 12. The molecule has 0 nitrogen and oxygen atoms in total. The maximum Gasteiger partial charge on any atom is 0.133 e. The van der Waals surface area contributed by atoms with Gasteiger partial charge < -0.3 is 0 Å². The third-order valence-corrected chi connectivity index (χ3v) is 9.13. The molecule has 2 aromatic heterocycles. The molecule has 39 heavy (non-hydrogen) atoms. The monoisotopic (exact) mass is 552 g/mol. The van der Waals surface area contributed by atoms with E-state index < -0.39 is 0 Å². The number of halogens is 1. The minimum Gasteiger partial charge on any atom is -0.206 e. The molecular weight excluding hydrogens is 516 g/mol. The van der Waals surface area contributed by atoms with Gasteiger partial charge >= 0.3 is 0 Å². The van der Waals surface area contributed by atoms with Gasteiger partial charge in [-0.1, -0.05) is 76.3 Å². The van der Waals surface area contributed by atoms with E-state index in [4.69, 9.17) is 0 Å². The van der Waals surface area contributed by atoms with E-state index in [0.717, 1.165) is 16.9 Å². The summed E-state index contributed by atoms with van der Waals surface area (Å²) in [7, 11) is 0. The van der Waals surface area contributed by atoms with E-state index in [0.29, 0.717) is 11.1 Å². The van der Waals surface area contributed by atoms with Crippen molar-refractivity contribution in [1.29, 1.82) is 0 Å². The van der Waals surface area contributed by atoms with Crippen LogP contribution in [0.15, 0.2) is 66.7 Å². The van der Waals surface area contributed by atoms with Crippen molar-refractivity contribution in [2.24, 2.45) is 0 Å². The molecule has 2 heterocycles. The topological polar surface area (TPSA) is 0 Å². The Bertz CT molecular complexity index is 1450. The van der Waals surface area contributed by atoms with Crippen LogP contribution in [0, 0.1) is 29.5 Å². The number of unbranched alkanes of at least 4 members (excludes halogenated alkanes) is 6. The lowest BCUT2D eigenvalue weighted by Gasteiger charge is -2.01. The largest absolute Gasteiger partial charge is 0.206 e. The minimum atomic E-state index is -0.234. The molecule has 0 saturated heterocycles. The molecule has 0 unspecified atom stereocenters. The van der Waals surface area contributed by atoms with Crippen molar-refractivity contribution < 1.29 is 4.39 Å². The molecule has 0 N–H and O–H groups in total. The molecular formula is C36H37FS2. The van der Waals surface area contributed by atoms with Crippen molar-refractivity contribution in [2.45, 2.75) is 78.1 Å². The molecule has 0 bridgehead atoms. The van der Waals surface area contributed by atoms with E-state index >= 15 is 0 Å². The van der Waals surface area contributed by atoms with Gasteiger partial charge in [0.05, 0.1) is 0 Å². The molecule has 0 amide bonds. The Morgan fingerprint density at radius 2 is 1.15 bits per heavy atom. The second-order valence-corrected chi connectivity index (χ2v) is 12.3. The maximum absolute atomic E-state index is 14.8. The van der Waals surface area contributed by atoms with Gasteiger partial charge in [0.25, 0.3) is 0 Å². The zero-order chi connectivity index (χ0) is 27.3. The number of thiophene rings is 2. The number of aryl methyl sites for hydroxylation is 2. The Morgan fingerprint density at radius 3 is 1.77 bits per heavy atom. The van der Waals surface area contributed by atoms with Crippen molar-refractivity contribution in [2.75, 3.05) is 0 Å². The van der Waals surface area contributed by atoms with Gasteiger partial charge in [0, 0.05) is 36.2 Å². The van der Waals surface area contributed by atoms with Crippen LogP contribution in [-0.4, -0.2) is 0 Å². The first-order valence-corrected chi connectivity index (χ1v) is 15.9. The van der Waals surface area contributed by atoms with Gasteiger partial charge in [-0.05, 0) is 97.7 Å². The van der Waals surface area contributed by atoms with Gasteiger partial charge in [0.2, 0.25) is 0 Å². The zero-order valence-electron chi connectivity index (χ0n) is 23.1. The molecule has 0 aliphatic heterocycles. The van der Waals surface area contributed by atoms with Crippen LogP contribution in [0.25, 0.3) is 20.9 Å². The molecule has 0 atom stereocenters. The first kappa shape index (κ1) is 28.9. The summed E-state index contributed by atoms with van der Waals surface area (Å²) < 4.78 is 14.8. The molecule has 0 spiro atoms. The fourth-order valence-electron chi connectivity index (χ4n) is 4.49. The van der Waals surface area contributed by atoms with Gasteiger partial charge in [-0.15, -0.1) is 22.7 Å². The Hall–Kier alpha value is -3.11. The van der Waals surface area contributed by atoms with Gasteiger partial charge in [-0.25, -0.2) is 4.39 Å². The molecule has 2 aromatic carbocycles. The highest BCUT2D eigenvalue weighted by atomic mass is 32.1. The number of benzene rings is 2. The highest BCUT2D eigenvalue weighted by Crippen LogP contribution is 2.32. The van der Waals surface area contributed by atoms with Crippen LogP contribution in [0.2, 0.25) is 0 Å². The summed E-state index contributed by atoms with van der Waals surface area (Å²) >= 11 is 3.58. The first-order chi connectivity index (χ1) is 19.2. The van der Waals surface area contributed by atoms with Crippen LogP contribution in [0.1, 0.15) is 86.1 Å². The third-order valence-electron chi connectivity index (χ3n) is 6.76. The summed E-state index contributed by atoms with van der Waals surface area (Å²) in [6.07, 6.45) is 12.4. The van der Waals surface area contributed by atoms with E-state index in [1.54, 1.807) is 11.3 Å². The van der Waals surface area contributed by atoms with Crippen LogP contribution in [-0.2, 0) is 12.8 Å². The zero-order valence-corrected chi connectivity index (χ0v) is 24.7. The summed E-state index contributed by atoms with van der Waals surface area (Å²) in [5, 5.41) is 0. The van der Waals surface area contributed by atoms with E-state index in [1.165, 1.54) is 84.0 Å². The average molecular weight is 553 g/mol. The lowest BCUT2D eigenvalue weighted by atomic mass is 10.1. The summed E-state index contributed by atoms with van der Waals surface area (Å²) in [6, 6.07) is 22.2. The number of hydrogen-bond acceptors (Lipinski definition) is 2. The van der Waals surface area contributed by atoms with Gasteiger partial charge in [0.15, 0.2) is 0 Å². The van der Waals surface area contributed by atoms with Crippen LogP contribution in [0.3, 0.4) is 0 Å². The van der Waals surface area contributed by atoms with Crippen molar-refractivity contribution in [3.63, 3.8) is 0 Å². The second-order valence-electron chi connectivity index (χ2n) is 9.93. The van der Waals surface area contributed by atoms with Gasteiger partial charge in [0.1, 0.15) is 5.82 Å². The molecule has 4 aromatic rings. The summed E-state index contributed by atoms with van der Waals surface area (Å²) in [5.41, 5.74) is 3.43. The molecule has 0 saturated carbocycles. The molecule has 0 radical (unpaired) electrons. The fourth-order valence-corrected chi connectivity index (χ4v) is 6.63. The standard InChI is InChI=1S/C36H37FS2/c1-3-5-7-9-15-31-22-25-35(38-31)30-20-17-28(18-21-30)13-11-12-14-29-19-24-33(34(37)27-29)36-26-23-32(39-36)16-10-8-6-4-2/h17-27H,3-10,15-16H2,1-2H3. The van der Waals surface area contributed by atoms with E-state index in [-0.39, 0.29) is 5.82 Å². The smallest absolute Gasteiger partial charge is 0.133 e. The summed E-state index contributed by atoms with van der Waals surface area (Å²) in [5.74, 6) is 11.7. The number of hydrogen-bond donors (Lipinski definition) is 0. The van der Waals surface area contributed by atoms with Gasteiger partial charge in [-0.2, -0.15) is 0 Å². The minimum absolute atomic E-state index is 0.234. The highest BCUT2D eigenvalue weighted by molar-refractivity contribution is 7.15. The first-order valence-electron chi connectivity index (χ1n) is 14.3. The Labute approximate surface area is 242 Å². The van der Waals surface area contributed by atoms with Gasteiger partial charge in [-0.3, -0.25) is 0 Å². The van der Waals surface area contributed by atoms with Crippen LogP contribution < -0.4 is 0 Å². The van der Waals surface area contributed by atoms with E-state index in [2.05, 4.69) is 67.9 Å². The van der Waals surface area contributed by atoms with Crippen molar-refractivity contribution in [1.82, 2.24) is 0 Å². The second kappa shape index (κ2) is 15.5. The van der Waals surface area contributed by atoms with Crippen LogP contribution in [0.5, 0.6) is 0 Å². The average Bonchev–Trinajstić information content (AvgIpc) is 3.62. The maximum atomic E-state index is 14.8. The molecule has 3 heteroatoms. The fraction of sp³-hybridized carbons (Fsp3) is 0.333. The SMILES string of the molecule is CCCCCCc1ccc(-c2ccc(C#CC#Cc3ccc(-c4ccc(CCCCCC)s4)c(F)c3)cc2)s1. The van der Waals surface area contributed by atoms with Crippen molar-refractivity contribution in [3.8, 4) is 44.6 Å². The van der Waals surface area contributed by atoms with Crippen molar-refractivity contribution in [3.05, 3.63) is 93.4 Å². The molecule has 0 aliphatic rings. The predicted octanol–water partition coefficient (Wildman–Crippen LogP) is 10.9. The van der Waals surface area contributed by atoms with Crippen LogP contribution >= 0.6 is 22.7 Å². The van der Waals surface area contributed by atoms with E-state index in [9.17, 15) is 4.39 Å². The molecule has 4 rings (SSSR count). The predicted molar refractivity (Wildman–Crippen MR) is 169 cm³/mol. The Balaban J connectivity index is 1.32. The molecule has 0 fully saturated rings. The molecule has 0 aliphatic carbocycles. The summed E-state index contributed by atoms with van der Waals surface area (Å²) in [6.45, 7) is 4.47. The third kappa shape index (κ3) is 8.96. The normalized spacial score (nSPS) is 10.5. The lowest BCUT2D eigenvalue weighted by Crippen LogP contribution is -1.84. The highest BCUT2D eigenvalue weighted by Gasteiger charge is 2.09. The quantitative estimate of drug-likeness (QED) is 0.121. The Kier molecular flexibility index (Phi) is 11.5. The van der Waals surface area contributed by atoms with Crippen LogP contribution in [0.4, 0.5) is 4.39 Å².